The Balaban J connectivity index is 2.48. The second kappa shape index (κ2) is 5.32. The number of carbonyl (C=O) groups is 1. The zero-order chi connectivity index (χ0) is 14.2. The molecule has 0 spiro atoms. The average Bonchev–Trinajstić information content (AvgIpc) is 2.82. The Bertz CT molecular complexity index is 617. The Morgan fingerprint density at radius 1 is 1.53 bits per heavy atom. The third-order valence-electron chi connectivity index (χ3n) is 2.93. The van der Waals surface area contributed by atoms with Gasteiger partial charge in [-0.1, -0.05) is 17.7 Å². The minimum Gasteiger partial charge on any atom is -0.480 e. The molecule has 0 amide bonds. The second-order valence-corrected chi connectivity index (χ2v) is 7.38. The number of rotatable bonds is 3. The van der Waals surface area contributed by atoms with Gasteiger partial charge in [-0.2, -0.15) is 4.31 Å². The molecule has 0 aliphatic carbocycles. The van der Waals surface area contributed by atoms with Crippen molar-refractivity contribution in [2.75, 3.05) is 11.6 Å². The number of carboxylic acid groups (broad SMARTS) is 1. The normalized spacial score (nSPS) is 20.6. The molecule has 0 bridgehead atoms. The molecule has 8 heteroatoms. The lowest BCUT2D eigenvalue weighted by atomic mass is 10.2. The summed E-state index contributed by atoms with van der Waals surface area (Å²) < 4.78 is 26.0. The predicted molar refractivity (Wildman–Crippen MR) is 74.0 cm³/mol. The van der Waals surface area contributed by atoms with E-state index in [1.54, 1.807) is 19.1 Å². The van der Waals surface area contributed by atoms with Crippen LogP contribution in [0.3, 0.4) is 0 Å². The van der Waals surface area contributed by atoms with Crippen molar-refractivity contribution in [1.29, 1.82) is 0 Å². The predicted octanol–water partition coefficient (Wildman–Crippen LogP) is 1.80. The standard InChI is InChI=1S/C11H12ClNO4S2/c1-7-8(12)3-2-4-10(7)19(16,17)13-6-18-5-9(13)11(14)15/h2-4,9H,5-6H2,1H3,(H,14,15)/t9-/m1/s1. The molecule has 1 aliphatic rings. The lowest BCUT2D eigenvalue weighted by Gasteiger charge is -2.21. The maximum Gasteiger partial charge on any atom is 0.322 e. The zero-order valence-electron chi connectivity index (χ0n) is 10.0. The molecule has 0 unspecified atom stereocenters. The molecule has 1 N–H and O–H groups in total. The van der Waals surface area contributed by atoms with Crippen molar-refractivity contribution in [3.8, 4) is 0 Å². The monoisotopic (exact) mass is 321 g/mol. The first kappa shape index (κ1) is 14.6. The van der Waals surface area contributed by atoms with Crippen molar-refractivity contribution in [2.45, 2.75) is 17.9 Å². The number of halogens is 1. The van der Waals surface area contributed by atoms with Gasteiger partial charge >= 0.3 is 5.97 Å². The highest BCUT2D eigenvalue weighted by molar-refractivity contribution is 8.00. The maximum atomic E-state index is 12.5. The largest absolute Gasteiger partial charge is 0.480 e. The van der Waals surface area contributed by atoms with Gasteiger partial charge in [-0.3, -0.25) is 4.79 Å². The summed E-state index contributed by atoms with van der Waals surface area (Å²) in [5.74, 6) is -0.729. The highest BCUT2D eigenvalue weighted by Crippen LogP contribution is 2.31. The van der Waals surface area contributed by atoms with E-state index in [2.05, 4.69) is 0 Å². The van der Waals surface area contributed by atoms with Gasteiger partial charge in [0.1, 0.15) is 6.04 Å². The summed E-state index contributed by atoms with van der Waals surface area (Å²) in [6.45, 7) is 1.61. The smallest absolute Gasteiger partial charge is 0.322 e. The number of thioether (sulfide) groups is 1. The van der Waals surface area contributed by atoms with E-state index in [0.717, 1.165) is 4.31 Å². The van der Waals surface area contributed by atoms with Crippen LogP contribution in [0.5, 0.6) is 0 Å². The quantitative estimate of drug-likeness (QED) is 0.918. The first-order valence-electron chi connectivity index (χ1n) is 5.43. The summed E-state index contributed by atoms with van der Waals surface area (Å²) in [5.41, 5.74) is 0.435. The molecule has 2 rings (SSSR count). The first-order valence-corrected chi connectivity index (χ1v) is 8.40. The molecule has 0 saturated carbocycles. The van der Waals surface area contributed by atoms with Crippen LogP contribution >= 0.6 is 23.4 Å². The molecule has 1 saturated heterocycles. The lowest BCUT2D eigenvalue weighted by molar-refractivity contribution is -0.140. The Morgan fingerprint density at radius 2 is 2.21 bits per heavy atom. The average molecular weight is 322 g/mol. The highest BCUT2D eigenvalue weighted by Gasteiger charge is 2.40. The van der Waals surface area contributed by atoms with Gasteiger partial charge in [0.15, 0.2) is 0 Å². The van der Waals surface area contributed by atoms with Gasteiger partial charge in [0.05, 0.1) is 10.8 Å². The van der Waals surface area contributed by atoms with Crippen LogP contribution < -0.4 is 0 Å². The summed E-state index contributed by atoms with van der Waals surface area (Å²) in [7, 11) is -3.84. The number of aliphatic carboxylic acids is 1. The summed E-state index contributed by atoms with van der Waals surface area (Å²) in [4.78, 5) is 11.2. The van der Waals surface area contributed by atoms with Crippen LogP contribution in [0.1, 0.15) is 5.56 Å². The van der Waals surface area contributed by atoms with Gasteiger partial charge in [0.25, 0.3) is 0 Å². The van der Waals surface area contributed by atoms with Gasteiger partial charge in [0, 0.05) is 10.8 Å². The summed E-state index contributed by atoms with van der Waals surface area (Å²) in [6.07, 6.45) is 0. The SMILES string of the molecule is Cc1c(Cl)cccc1S(=O)(=O)N1CSC[C@@H]1C(=O)O. The fourth-order valence-corrected chi connectivity index (χ4v) is 5.47. The van der Waals surface area contributed by atoms with Crippen LogP contribution in [0, 0.1) is 6.92 Å². The molecule has 104 valence electrons. The van der Waals surface area contributed by atoms with E-state index in [1.807, 2.05) is 0 Å². The van der Waals surface area contributed by atoms with E-state index < -0.39 is 22.0 Å². The number of carboxylic acids is 1. The van der Waals surface area contributed by atoms with Gasteiger partial charge in [-0.15, -0.1) is 11.8 Å². The Labute approximate surface area is 120 Å². The van der Waals surface area contributed by atoms with Crippen LogP contribution in [0.25, 0.3) is 0 Å². The van der Waals surface area contributed by atoms with Gasteiger partial charge in [0.2, 0.25) is 10.0 Å². The lowest BCUT2D eigenvalue weighted by Crippen LogP contribution is -2.41. The first-order chi connectivity index (χ1) is 8.85. The second-order valence-electron chi connectivity index (χ2n) is 4.11. The molecular weight excluding hydrogens is 310 g/mol. The number of hydrogen-bond acceptors (Lipinski definition) is 4. The minimum absolute atomic E-state index is 0.0637. The molecule has 1 aromatic rings. The molecule has 1 fully saturated rings. The van der Waals surface area contributed by atoms with Crippen LogP contribution in [0.4, 0.5) is 0 Å². The van der Waals surface area contributed by atoms with Gasteiger partial charge in [-0.05, 0) is 24.6 Å². The van der Waals surface area contributed by atoms with Crippen LogP contribution in [-0.4, -0.2) is 41.5 Å². The van der Waals surface area contributed by atoms with Crippen LogP contribution in [0.2, 0.25) is 5.02 Å². The summed E-state index contributed by atoms with van der Waals surface area (Å²) in [6, 6.07) is 3.57. The van der Waals surface area contributed by atoms with E-state index >= 15 is 0 Å². The molecule has 0 aromatic heterocycles. The molecule has 5 nitrogen and oxygen atoms in total. The van der Waals surface area contributed by atoms with Crippen molar-refractivity contribution >= 4 is 39.4 Å². The third kappa shape index (κ3) is 2.60. The van der Waals surface area contributed by atoms with E-state index in [9.17, 15) is 13.2 Å². The van der Waals surface area contributed by atoms with Crippen molar-refractivity contribution in [3.63, 3.8) is 0 Å². The van der Waals surface area contributed by atoms with Crippen LogP contribution in [-0.2, 0) is 14.8 Å². The molecule has 1 aliphatic heterocycles. The Hall–Kier alpha value is -0.760. The van der Waals surface area contributed by atoms with Crippen molar-refractivity contribution in [3.05, 3.63) is 28.8 Å². The molecule has 1 atom stereocenters. The molecule has 1 aromatic carbocycles. The zero-order valence-corrected chi connectivity index (χ0v) is 12.4. The Kier molecular flexibility index (Phi) is 4.10. The van der Waals surface area contributed by atoms with E-state index in [1.165, 1.54) is 17.8 Å². The number of hydrogen-bond donors (Lipinski definition) is 1. The number of nitrogens with zero attached hydrogens (tertiary/aromatic N) is 1. The van der Waals surface area contributed by atoms with Gasteiger partial charge < -0.3 is 5.11 Å². The molecular formula is C11H12ClNO4S2. The maximum absolute atomic E-state index is 12.5. The Morgan fingerprint density at radius 3 is 2.84 bits per heavy atom. The highest BCUT2D eigenvalue weighted by atomic mass is 35.5. The van der Waals surface area contributed by atoms with Crippen molar-refractivity contribution in [2.24, 2.45) is 0 Å². The molecule has 1 heterocycles. The van der Waals surface area contributed by atoms with E-state index in [4.69, 9.17) is 16.7 Å². The van der Waals surface area contributed by atoms with E-state index in [-0.39, 0.29) is 16.5 Å². The summed E-state index contributed by atoms with van der Waals surface area (Å²) in [5, 5.41) is 9.42. The number of benzene rings is 1. The van der Waals surface area contributed by atoms with Crippen LogP contribution in [0.15, 0.2) is 23.1 Å². The van der Waals surface area contributed by atoms with Gasteiger partial charge in [-0.25, -0.2) is 8.42 Å². The van der Waals surface area contributed by atoms with Crippen molar-refractivity contribution in [1.82, 2.24) is 4.31 Å². The minimum atomic E-state index is -3.84. The molecule has 19 heavy (non-hydrogen) atoms. The fourth-order valence-electron chi connectivity index (χ4n) is 1.85. The summed E-state index contributed by atoms with van der Waals surface area (Å²) >= 11 is 7.20. The third-order valence-corrected chi connectivity index (χ3v) is 6.52. The number of sulfonamides is 1. The van der Waals surface area contributed by atoms with E-state index in [0.29, 0.717) is 10.6 Å². The topological polar surface area (TPSA) is 74.7 Å². The molecule has 0 radical (unpaired) electrons. The fraction of sp³-hybridized carbons (Fsp3) is 0.364. The van der Waals surface area contributed by atoms with Crippen molar-refractivity contribution < 1.29 is 18.3 Å².